The van der Waals surface area contributed by atoms with Crippen molar-refractivity contribution in [2.75, 3.05) is 0 Å². The van der Waals surface area contributed by atoms with Crippen LogP contribution in [0.25, 0.3) is 11.2 Å². The number of fused-ring (bicyclic) bond motifs is 1. The molecule has 0 saturated heterocycles. The van der Waals surface area contributed by atoms with E-state index in [0.29, 0.717) is 11.2 Å². The van der Waals surface area contributed by atoms with Gasteiger partial charge in [0.15, 0.2) is 11.2 Å². The molecule has 2 aromatic heterocycles. The SMILES string of the molecule is OCn1nnc2cncnc21. The predicted molar refractivity (Wildman–Crippen MR) is 35.3 cm³/mol. The van der Waals surface area contributed by atoms with Gasteiger partial charge in [-0.25, -0.2) is 14.6 Å². The first-order valence-electron chi connectivity index (χ1n) is 3.02. The van der Waals surface area contributed by atoms with E-state index in [1.54, 1.807) is 6.20 Å². The molecule has 6 heteroatoms. The molecule has 2 heterocycles. The van der Waals surface area contributed by atoms with E-state index in [9.17, 15) is 0 Å². The number of hydrogen-bond donors (Lipinski definition) is 1. The minimum Gasteiger partial charge on any atom is -0.374 e. The quantitative estimate of drug-likeness (QED) is 0.575. The molecule has 0 bridgehead atoms. The highest BCUT2D eigenvalue weighted by molar-refractivity contribution is 5.67. The van der Waals surface area contributed by atoms with Gasteiger partial charge in [-0.15, -0.1) is 5.10 Å². The Kier molecular flexibility index (Phi) is 1.26. The van der Waals surface area contributed by atoms with E-state index in [2.05, 4.69) is 20.3 Å². The van der Waals surface area contributed by atoms with Crippen LogP contribution in [0.2, 0.25) is 0 Å². The van der Waals surface area contributed by atoms with Gasteiger partial charge in [0.1, 0.15) is 13.1 Å². The molecular formula is C5H5N5O. The molecule has 0 unspecified atom stereocenters. The molecule has 0 aliphatic rings. The number of hydrogen-bond acceptors (Lipinski definition) is 5. The average molecular weight is 151 g/mol. The highest BCUT2D eigenvalue weighted by Crippen LogP contribution is 2.02. The first-order valence-corrected chi connectivity index (χ1v) is 3.02. The summed E-state index contributed by atoms with van der Waals surface area (Å²) in [7, 11) is 0. The van der Waals surface area contributed by atoms with E-state index in [1.165, 1.54) is 11.0 Å². The maximum Gasteiger partial charge on any atom is 0.184 e. The molecule has 0 aromatic carbocycles. The molecule has 0 aliphatic carbocycles. The topological polar surface area (TPSA) is 76.7 Å². The lowest BCUT2D eigenvalue weighted by molar-refractivity contribution is 0.197. The van der Waals surface area contributed by atoms with E-state index < -0.39 is 0 Å². The van der Waals surface area contributed by atoms with Crippen LogP contribution >= 0.6 is 0 Å². The van der Waals surface area contributed by atoms with Gasteiger partial charge in [0.2, 0.25) is 0 Å². The number of nitrogens with zero attached hydrogens (tertiary/aromatic N) is 5. The van der Waals surface area contributed by atoms with Gasteiger partial charge in [0, 0.05) is 0 Å². The van der Waals surface area contributed by atoms with Crippen LogP contribution in [0.5, 0.6) is 0 Å². The maximum atomic E-state index is 8.72. The first kappa shape index (κ1) is 6.17. The van der Waals surface area contributed by atoms with Gasteiger partial charge in [0.25, 0.3) is 0 Å². The molecule has 0 radical (unpaired) electrons. The summed E-state index contributed by atoms with van der Waals surface area (Å²) >= 11 is 0. The summed E-state index contributed by atoms with van der Waals surface area (Å²) < 4.78 is 1.29. The molecular weight excluding hydrogens is 146 g/mol. The highest BCUT2D eigenvalue weighted by atomic mass is 16.3. The van der Waals surface area contributed by atoms with Crippen molar-refractivity contribution in [2.45, 2.75) is 6.73 Å². The second-order valence-electron chi connectivity index (χ2n) is 1.96. The van der Waals surface area contributed by atoms with Crippen molar-refractivity contribution in [2.24, 2.45) is 0 Å². The van der Waals surface area contributed by atoms with Gasteiger partial charge in [0.05, 0.1) is 6.20 Å². The lowest BCUT2D eigenvalue weighted by atomic mass is 10.6. The number of aromatic nitrogens is 5. The molecule has 0 saturated carbocycles. The predicted octanol–water partition coefficient (Wildman–Crippen LogP) is -0.829. The number of aliphatic hydroxyl groups excluding tert-OH is 1. The van der Waals surface area contributed by atoms with Crippen molar-refractivity contribution < 1.29 is 5.11 Å². The average Bonchev–Trinajstić information content (AvgIpc) is 2.47. The minimum atomic E-state index is -0.215. The second kappa shape index (κ2) is 2.24. The van der Waals surface area contributed by atoms with E-state index in [-0.39, 0.29) is 6.73 Å². The Balaban J connectivity index is 2.76. The lowest BCUT2D eigenvalue weighted by Crippen LogP contribution is -1.99. The Bertz CT molecular complexity index is 370. The normalized spacial score (nSPS) is 10.6. The molecule has 0 spiro atoms. The fraction of sp³-hybridized carbons (Fsp3) is 0.200. The van der Waals surface area contributed by atoms with Crippen molar-refractivity contribution in [3.8, 4) is 0 Å². The van der Waals surface area contributed by atoms with Gasteiger partial charge >= 0.3 is 0 Å². The lowest BCUT2D eigenvalue weighted by Gasteiger charge is -1.91. The molecule has 6 nitrogen and oxygen atoms in total. The summed E-state index contributed by atoms with van der Waals surface area (Å²) in [5, 5.41) is 16.1. The van der Waals surface area contributed by atoms with Gasteiger partial charge in [-0.3, -0.25) is 0 Å². The van der Waals surface area contributed by atoms with Crippen molar-refractivity contribution in [3.05, 3.63) is 12.5 Å². The van der Waals surface area contributed by atoms with Crippen LogP contribution in [-0.2, 0) is 6.73 Å². The van der Waals surface area contributed by atoms with Crippen LogP contribution in [0.1, 0.15) is 0 Å². The Morgan fingerprint density at radius 3 is 3.27 bits per heavy atom. The van der Waals surface area contributed by atoms with Crippen LogP contribution < -0.4 is 0 Å². The standard InChI is InChI=1S/C5H5N5O/c11-3-10-5-4(8-9-10)1-6-2-7-5/h1-2,11H,3H2. The number of aliphatic hydroxyl groups is 1. The molecule has 2 rings (SSSR count). The Morgan fingerprint density at radius 1 is 1.55 bits per heavy atom. The first-order chi connectivity index (χ1) is 5.42. The van der Waals surface area contributed by atoms with Gasteiger partial charge in [-0.2, -0.15) is 0 Å². The molecule has 0 atom stereocenters. The zero-order valence-corrected chi connectivity index (χ0v) is 5.55. The zero-order valence-electron chi connectivity index (χ0n) is 5.55. The third-order valence-electron chi connectivity index (χ3n) is 1.31. The van der Waals surface area contributed by atoms with E-state index in [1.807, 2.05) is 0 Å². The monoisotopic (exact) mass is 151 g/mol. The third-order valence-corrected chi connectivity index (χ3v) is 1.31. The van der Waals surface area contributed by atoms with Crippen molar-refractivity contribution in [1.29, 1.82) is 0 Å². The highest BCUT2D eigenvalue weighted by Gasteiger charge is 2.01. The maximum absolute atomic E-state index is 8.72. The smallest absolute Gasteiger partial charge is 0.184 e. The Labute approximate surface area is 61.5 Å². The largest absolute Gasteiger partial charge is 0.374 e. The molecule has 0 amide bonds. The molecule has 56 valence electrons. The molecule has 11 heavy (non-hydrogen) atoms. The van der Waals surface area contributed by atoms with Gasteiger partial charge < -0.3 is 5.11 Å². The van der Waals surface area contributed by atoms with Crippen LogP contribution in [0, 0.1) is 0 Å². The molecule has 1 N–H and O–H groups in total. The molecule has 2 aromatic rings. The number of rotatable bonds is 1. The summed E-state index contributed by atoms with van der Waals surface area (Å²) in [5.74, 6) is 0. The van der Waals surface area contributed by atoms with Crippen LogP contribution in [0.15, 0.2) is 12.5 Å². The fourth-order valence-electron chi connectivity index (χ4n) is 0.825. The summed E-state index contributed by atoms with van der Waals surface area (Å²) in [6, 6.07) is 0. The summed E-state index contributed by atoms with van der Waals surface area (Å²) in [5.41, 5.74) is 1.13. The summed E-state index contributed by atoms with van der Waals surface area (Å²) in [6.45, 7) is -0.215. The van der Waals surface area contributed by atoms with Crippen molar-refractivity contribution in [3.63, 3.8) is 0 Å². The minimum absolute atomic E-state index is 0.215. The van der Waals surface area contributed by atoms with Gasteiger partial charge in [-0.1, -0.05) is 5.21 Å². The van der Waals surface area contributed by atoms with Crippen LogP contribution in [0.4, 0.5) is 0 Å². The van der Waals surface area contributed by atoms with Crippen LogP contribution in [-0.4, -0.2) is 30.1 Å². The zero-order chi connectivity index (χ0) is 7.68. The third kappa shape index (κ3) is 0.838. The summed E-state index contributed by atoms with van der Waals surface area (Å²) in [4.78, 5) is 7.63. The van der Waals surface area contributed by atoms with E-state index in [4.69, 9.17) is 5.11 Å². The van der Waals surface area contributed by atoms with Crippen molar-refractivity contribution >= 4 is 11.2 Å². The molecule has 0 aliphatic heterocycles. The summed E-state index contributed by atoms with van der Waals surface area (Å²) in [6.07, 6.45) is 2.93. The van der Waals surface area contributed by atoms with Crippen LogP contribution in [0.3, 0.4) is 0 Å². The molecule has 0 fully saturated rings. The fourth-order valence-corrected chi connectivity index (χ4v) is 0.825. The van der Waals surface area contributed by atoms with E-state index >= 15 is 0 Å². The Hall–Kier alpha value is -1.56. The second-order valence-corrected chi connectivity index (χ2v) is 1.96. The Morgan fingerprint density at radius 2 is 2.45 bits per heavy atom. The van der Waals surface area contributed by atoms with E-state index in [0.717, 1.165) is 0 Å². The van der Waals surface area contributed by atoms with Gasteiger partial charge in [-0.05, 0) is 0 Å². The van der Waals surface area contributed by atoms with Crippen molar-refractivity contribution in [1.82, 2.24) is 25.0 Å².